The van der Waals surface area contributed by atoms with Crippen LogP contribution < -0.4 is 5.32 Å². The Morgan fingerprint density at radius 2 is 2.10 bits per heavy atom. The number of anilines is 1. The fourth-order valence-corrected chi connectivity index (χ4v) is 1.74. The predicted molar refractivity (Wildman–Crippen MR) is 73.6 cm³/mol. The summed E-state index contributed by atoms with van der Waals surface area (Å²) in [5.74, 6) is -0.0232. The maximum atomic E-state index is 10.8. The van der Waals surface area contributed by atoms with E-state index in [1.54, 1.807) is 24.3 Å². The molecule has 0 aliphatic carbocycles. The molecular formula is C12H11ClN4O3. The number of hydrogen-bond acceptors (Lipinski definition) is 6. The Morgan fingerprint density at radius 1 is 1.40 bits per heavy atom. The van der Waals surface area contributed by atoms with Gasteiger partial charge in [0.05, 0.1) is 11.0 Å². The molecule has 0 bridgehead atoms. The fourth-order valence-electron chi connectivity index (χ4n) is 1.60. The second-order valence-corrected chi connectivity index (χ2v) is 4.28. The van der Waals surface area contributed by atoms with Crippen LogP contribution in [0.2, 0.25) is 5.28 Å². The van der Waals surface area contributed by atoms with Gasteiger partial charge in [-0.25, -0.2) is 4.98 Å². The van der Waals surface area contributed by atoms with Crippen LogP contribution in [0.3, 0.4) is 0 Å². The molecule has 7 nitrogen and oxygen atoms in total. The van der Waals surface area contributed by atoms with Gasteiger partial charge in [-0.15, -0.1) is 0 Å². The number of aliphatic hydroxyl groups is 1. The molecule has 0 saturated heterocycles. The van der Waals surface area contributed by atoms with Gasteiger partial charge in [0, 0.05) is 6.54 Å². The normalized spacial score (nSPS) is 11.9. The average molecular weight is 295 g/mol. The Kier molecular flexibility index (Phi) is 4.44. The van der Waals surface area contributed by atoms with Crippen LogP contribution in [0.15, 0.2) is 36.5 Å². The van der Waals surface area contributed by atoms with Crippen LogP contribution in [0, 0.1) is 10.1 Å². The van der Waals surface area contributed by atoms with Gasteiger partial charge in [0.2, 0.25) is 11.1 Å². The van der Waals surface area contributed by atoms with Crippen molar-refractivity contribution in [2.75, 3.05) is 11.9 Å². The first kappa shape index (κ1) is 14.2. The first-order valence-electron chi connectivity index (χ1n) is 5.71. The number of benzene rings is 1. The summed E-state index contributed by atoms with van der Waals surface area (Å²) >= 11 is 5.61. The van der Waals surface area contributed by atoms with E-state index in [9.17, 15) is 15.2 Å². The number of hydrogen-bond donors (Lipinski definition) is 2. The van der Waals surface area contributed by atoms with Crippen molar-refractivity contribution in [1.29, 1.82) is 0 Å². The maximum absolute atomic E-state index is 10.8. The average Bonchev–Trinajstić information content (AvgIpc) is 2.45. The third kappa shape index (κ3) is 3.40. The monoisotopic (exact) mass is 294 g/mol. The minimum Gasteiger partial charge on any atom is -0.387 e. The van der Waals surface area contributed by atoms with Gasteiger partial charge in [0.15, 0.2) is 0 Å². The zero-order valence-electron chi connectivity index (χ0n) is 10.2. The van der Waals surface area contributed by atoms with Crippen LogP contribution in [-0.2, 0) is 0 Å². The molecule has 8 heteroatoms. The Labute approximate surface area is 119 Å². The van der Waals surface area contributed by atoms with Gasteiger partial charge < -0.3 is 10.4 Å². The summed E-state index contributed by atoms with van der Waals surface area (Å²) in [6, 6.07) is 8.94. The predicted octanol–water partition coefficient (Wildman–Crippen LogP) is 2.18. The Hall–Kier alpha value is -2.25. The molecule has 1 heterocycles. The van der Waals surface area contributed by atoms with E-state index in [-0.39, 0.29) is 23.3 Å². The van der Waals surface area contributed by atoms with E-state index >= 15 is 0 Å². The first-order valence-corrected chi connectivity index (χ1v) is 6.09. The van der Waals surface area contributed by atoms with E-state index in [0.29, 0.717) is 5.56 Å². The minimum atomic E-state index is -0.815. The number of nitro groups is 1. The lowest BCUT2D eigenvalue weighted by atomic mass is 10.1. The second kappa shape index (κ2) is 6.27. The molecule has 0 aliphatic rings. The number of aromatic nitrogens is 2. The fraction of sp³-hybridized carbons (Fsp3) is 0.167. The highest BCUT2D eigenvalue weighted by Crippen LogP contribution is 2.23. The van der Waals surface area contributed by atoms with E-state index in [1.165, 1.54) is 0 Å². The van der Waals surface area contributed by atoms with Gasteiger partial charge in [0.1, 0.15) is 6.20 Å². The van der Waals surface area contributed by atoms with Crippen molar-refractivity contribution in [2.24, 2.45) is 0 Å². The molecule has 1 unspecified atom stereocenters. The van der Waals surface area contributed by atoms with Gasteiger partial charge in [0.25, 0.3) is 0 Å². The number of aliphatic hydroxyl groups excluding tert-OH is 1. The third-order valence-electron chi connectivity index (χ3n) is 2.58. The molecule has 2 aromatic rings. The number of halogens is 1. The number of nitrogens with zero attached hydrogens (tertiary/aromatic N) is 3. The number of rotatable bonds is 5. The van der Waals surface area contributed by atoms with Gasteiger partial charge >= 0.3 is 5.69 Å². The highest BCUT2D eigenvalue weighted by molar-refractivity contribution is 6.28. The molecular weight excluding hydrogens is 284 g/mol. The van der Waals surface area contributed by atoms with Crippen molar-refractivity contribution in [2.45, 2.75) is 6.10 Å². The molecule has 0 amide bonds. The molecule has 2 N–H and O–H groups in total. The van der Waals surface area contributed by atoms with Crippen molar-refractivity contribution in [3.63, 3.8) is 0 Å². The Morgan fingerprint density at radius 3 is 2.75 bits per heavy atom. The largest absolute Gasteiger partial charge is 0.387 e. The Bertz CT molecular complexity index is 609. The van der Waals surface area contributed by atoms with Crippen LogP contribution >= 0.6 is 11.6 Å². The quantitative estimate of drug-likeness (QED) is 0.498. The van der Waals surface area contributed by atoms with Gasteiger partial charge in [-0.3, -0.25) is 10.1 Å². The summed E-state index contributed by atoms with van der Waals surface area (Å²) in [5.41, 5.74) is 0.400. The van der Waals surface area contributed by atoms with Crippen LogP contribution in [0.25, 0.3) is 0 Å². The lowest BCUT2D eigenvalue weighted by Crippen LogP contribution is -2.14. The van der Waals surface area contributed by atoms with E-state index < -0.39 is 11.0 Å². The van der Waals surface area contributed by atoms with Crippen molar-refractivity contribution in [3.8, 4) is 0 Å². The lowest BCUT2D eigenvalue weighted by molar-refractivity contribution is -0.384. The summed E-state index contributed by atoms with van der Waals surface area (Å²) in [6.07, 6.45) is 0.205. The highest BCUT2D eigenvalue weighted by Gasteiger charge is 2.18. The number of nitrogens with one attached hydrogen (secondary N) is 1. The summed E-state index contributed by atoms with van der Waals surface area (Å²) < 4.78 is 0. The molecule has 2 rings (SSSR count). The van der Waals surface area contributed by atoms with Crippen molar-refractivity contribution >= 4 is 23.1 Å². The highest BCUT2D eigenvalue weighted by atomic mass is 35.5. The standard InChI is InChI=1S/C12H11ClN4O3/c13-12-15-6-9(17(19)20)11(16-12)14-7-10(18)8-4-2-1-3-5-8/h1-6,10,18H,7H2,(H,14,15,16). The van der Waals surface area contributed by atoms with Crippen LogP contribution in [0.5, 0.6) is 0 Å². The molecule has 0 spiro atoms. The summed E-state index contributed by atoms with van der Waals surface area (Å²) in [7, 11) is 0. The molecule has 1 atom stereocenters. The molecule has 1 aromatic carbocycles. The first-order chi connectivity index (χ1) is 9.58. The van der Waals surface area contributed by atoms with Crippen molar-refractivity contribution in [3.05, 3.63) is 57.5 Å². The molecule has 1 aromatic heterocycles. The van der Waals surface area contributed by atoms with E-state index in [2.05, 4.69) is 15.3 Å². The third-order valence-corrected chi connectivity index (χ3v) is 2.77. The minimum absolute atomic E-state index is 0.0232. The second-order valence-electron chi connectivity index (χ2n) is 3.94. The van der Waals surface area contributed by atoms with Crippen molar-refractivity contribution in [1.82, 2.24) is 9.97 Å². The van der Waals surface area contributed by atoms with Gasteiger partial charge in [-0.2, -0.15) is 4.98 Å². The molecule has 0 fully saturated rings. The molecule has 0 saturated carbocycles. The van der Waals surface area contributed by atoms with Gasteiger partial charge in [-0.05, 0) is 17.2 Å². The molecule has 0 radical (unpaired) electrons. The maximum Gasteiger partial charge on any atom is 0.329 e. The van der Waals surface area contributed by atoms with Crippen LogP contribution in [-0.4, -0.2) is 26.5 Å². The summed E-state index contributed by atoms with van der Waals surface area (Å²) in [6.45, 7) is 0.0677. The molecule has 0 aliphatic heterocycles. The van der Waals surface area contributed by atoms with Crippen LogP contribution in [0.1, 0.15) is 11.7 Å². The lowest BCUT2D eigenvalue weighted by Gasteiger charge is -2.12. The SMILES string of the molecule is O=[N+]([O-])c1cnc(Cl)nc1NCC(O)c1ccccc1. The smallest absolute Gasteiger partial charge is 0.329 e. The summed E-state index contributed by atoms with van der Waals surface area (Å²) in [4.78, 5) is 17.5. The zero-order valence-corrected chi connectivity index (χ0v) is 11.0. The topological polar surface area (TPSA) is 101 Å². The van der Waals surface area contributed by atoms with E-state index in [0.717, 1.165) is 6.20 Å². The summed E-state index contributed by atoms with van der Waals surface area (Å²) in [5, 5.41) is 23.4. The zero-order chi connectivity index (χ0) is 14.5. The van der Waals surface area contributed by atoms with Crippen LogP contribution in [0.4, 0.5) is 11.5 Å². The van der Waals surface area contributed by atoms with Crippen molar-refractivity contribution < 1.29 is 10.0 Å². The van der Waals surface area contributed by atoms with Gasteiger partial charge in [-0.1, -0.05) is 30.3 Å². The molecule has 20 heavy (non-hydrogen) atoms. The van der Waals surface area contributed by atoms with E-state index in [4.69, 9.17) is 11.6 Å². The Balaban J connectivity index is 2.11. The van der Waals surface area contributed by atoms with E-state index in [1.807, 2.05) is 6.07 Å². The molecule has 104 valence electrons.